The van der Waals surface area contributed by atoms with E-state index in [0.717, 1.165) is 17.4 Å². The molecular formula is C19H19N5O4S. The Kier molecular flexibility index (Phi) is 6.03. The van der Waals surface area contributed by atoms with Gasteiger partial charge in [-0.25, -0.2) is 8.42 Å². The standard InChI is InChI=1S/C19H19N5O4S/c1-29(27,28)19-22-17(20-12-14-8-4-2-5-9-14)16(24(25)26)18(23-19)21-13-15-10-6-3-7-11-15/h2-11H,12-13H2,1H3,(H2,20,21,22,23). The first-order valence-electron chi connectivity index (χ1n) is 8.66. The smallest absolute Gasteiger partial charge is 0.353 e. The summed E-state index contributed by atoms with van der Waals surface area (Å²) >= 11 is 0. The molecule has 150 valence electrons. The van der Waals surface area contributed by atoms with Gasteiger partial charge in [-0.3, -0.25) is 10.1 Å². The minimum absolute atomic E-state index is 0.162. The largest absolute Gasteiger partial charge is 0.360 e. The van der Waals surface area contributed by atoms with E-state index >= 15 is 0 Å². The van der Waals surface area contributed by atoms with Crippen molar-refractivity contribution in [2.24, 2.45) is 0 Å². The molecule has 1 aromatic heterocycles. The summed E-state index contributed by atoms with van der Waals surface area (Å²) in [5, 5.41) is 17.0. The van der Waals surface area contributed by atoms with E-state index in [-0.39, 0.29) is 24.7 Å². The Balaban J connectivity index is 1.99. The van der Waals surface area contributed by atoms with Crippen molar-refractivity contribution >= 4 is 27.2 Å². The Morgan fingerprint density at radius 3 is 1.62 bits per heavy atom. The van der Waals surface area contributed by atoms with Crippen molar-refractivity contribution < 1.29 is 13.3 Å². The Labute approximate surface area is 167 Å². The number of anilines is 2. The molecule has 0 aliphatic heterocycles. The van der Waals surface area contributed by atoms with E-state index in [4.69, 9.17) is 0 Å². The highest BCUT2D eigenvalue weighted by molar-refractivity contribution is 7.90. The summed E-state index contributed by atoms with van der Waals surface area (Å²) in [7, 11) is -3.78. The Bertz CT molecular complexity index is 1040. The summed E-state index contributed by atoms with van der Waals surface area (Å²) in [6, 6.07) is 18.4. The second-order valence-corrected chi connectivity index (χ2v) is 8.17. The number of nitrogens with zero attached hydrogens (tertiary/aromatic N) is 3. The van der Waals surface area contributed by atoms with Crippen molar-refractivity contribution in [3.63, 3.8) is 0 Å². The highest BCUT2D eigenvalue weighted by Crippen LogP contribution is 2.31. The lowest BCUT2D eigenvalue weighted by atomic mass is 10.2. The predicted molar refractivity (Wildman–Crippen MR) is 109 cm³/mol. The summed E-state index contributed by atoms with van der Waals surface area (Å²) in [6.45, 7) is 0.472. The molecular weight excluding hydrogens is 394 g/mol. The zero-order valence-corrected chi connectivity index (χ0v) is 16.4. The van der Waals surface area contributed by atoms with Gasteiger partial charge in [-0.1, -0.05) is 60.7 Å². The van der Waals surface area contributed by atoms with Crippen LogP contribution >= 0.6 is 0 Å². The van der Waals surface area contributed by atoms with Crippen LogP contribution in [0.2, 0.25) is 0 Å². The van der Waals surface area contributed by atoms with E-state index < -0.39 is 25.6 Å². The third-order valence-electron chi connectivity index (χ3n) is 3.98. The summed E-state index contributed by atoms with van der Waals surface area (Å²) in [5.41, 5.74) is 1.31. The molecule has 0 aliphatic rings. The highest BCUT2D eigenvalue weighted by Gasteiger charge is 2.27. The van der Waals surface area contributed by atoms with Crippen LogP contribution in [-0.4, -0.2) is 29.6 Å². The van der Waals surface area contributed by atoms with Gasteiger partial charge in [0.25, 0.3) is 5.16 Å². The Morgan fingerprint density at radius 2 is 1.28 bits per heavy atom. The highest BCUT2D eigenvalue weighted by atomic mass is 32.2. The third-order valence-corrected chi connectivity index (χ3v) is 4.83. The van der Waals surface area contributed by atoms with Gasteiger partial charge in [0.2, 0.25) is 21.5 Å². The summed E-state index contributed by atoms with van der Waals surface area (Å²) in [4.78, 5) is 18.9. The SMILES string of the molecule is CS(=O)(=O)c1nc(NCc2ccccc2)c([N+](=O)[O-])c(NCc2ccccc2)n1. The van der Waals surface area contributed by atoms with Crippen molar-refractivity contribution in [3.05, 3.63) is 81.9 Å². The van der Waals surface area contributed by atoms with E-state index in [2.05, 4.69) is 20.6 Å². The van der Waals surface area contributed by atoms with Crippen molar-refractivity contribution in [3.8, 4) is 0 Å². The van der Waals surface area contributed by atoms with Gasteiger partial charge in [0.15, 0.2) is 0 Å². The molecule has 3 aromatic rings. The van der Waals surface area contributed by atoms with Crippen LogP contribution < -0.4 is 10.6 Å². The molecule has 2 aromatic carbocycles. The van der Waals surface area contributed by atoms with E-state index in [1.54, 1.807) is 0 Å². The van der Waals surface area contributed by atoms with E-state index in [9.17, 15) is 18.5 Å². The molecule has 0 atom stereocenters. The van der Waals surface area contributed by atoms with Gasteiger partial charge in [0.05, 0.1) is 4.92 Å². The van der Waals surface area contributed by atoms with Crippen molar-refractivity contribution in [2.45, 2.75) is 18.2 Å². The topological polar surface area (TPSA) is 127 Å². The molecule has 0 radical (unpaired) electrons. The number of nitrogens with one attached hydrogen (secondary N) is 2. The maximum atomic E-state index is 12.0. The fraction of sp³-hybridized carbons (Fsp3) is 0.158. The third kappa shape index (κ3) is 5.26. The van der Waals surface area contributed by atoms with Gasteiger partial charge in [0, 0.05) is 19.3 Å². The molecule has 0 spiro atoms. The quantitative estimate of drug-likeness (QED) is 0.328. The first kappa shape index (κ1) is 20.2. The second-order valence-electron chi connectivity index (χ2n) is 6.26. The maximum Gasteiger partial charge on any atom is 0.353 e. The number of benzene rings is 2. The Hall–Kier alpha value is -3.53. The van der Waals surface area contributed by atoms with Crippen LogP contribution in [0, 0.1) is 10.1 Å². The fourth-order valence-corrected chi connectivity index (χ4v) is 3.10. The molecule has 3 rings (SSSR count). The van der Waals surface area contributed by atoms with Crippen molar-refractivity contribution in [1.82, 2.24) is 9.97 Å². The van der Waals surface area contributed by atoms with E-state index in [1.165, 1.54) is 0 Å². The lowest BCUT2D eigenvalue weighted by Gasteiger charge is -2.12. The first-order valence-corrected chi connectivity index (χ1v) is 10.6. The van der Waals surface area contributed by atoms with Crippen molar-refractivity contribution in [2.75, 3.05) is 16.9 Å². The van der Waals surface area contributed by atoms with Crippen LogP contribution in [0.3, 0.4) is 0 Å². The van der Waals surface area contributed by atoms with Crippen LogP contribution in [0.25, 0.3) is 0 Å². The van der Waals surface area contributed by atoms with Crippen molar-refractivity contribution in [1.29, 1.82) is 0 Å². The molecule has 9 nitrogen and oxygen atoms in total. The molecule has 0 fully saturated rings. The summed E-state index contributed by atoms with van der Waals surface area (Å²) in [5.74, 6) is -0.324. The molecule has 0 saturated carbocycles. The minimum atomic E-state index is -3.78. The zero-order chi connectivity index (χ0) is 20.9. The van der Waals surface area contributed by atoms with Crippen LogP contribution in [0.1, 0.15) is 11.1 Å². The van der Waals surface area contributed by atoms with Gasteiger partial charge < -0.3 is 10.6 Å². The molecule has 2 N–H and O–H groups in total. The zero-order valence-electron chi connectivity index (χ0n) is 15.6. The number of hydrogen-bond acceptors (Lipinski definition) is 8. The predicted octanol–water partition coefficient (Wildman–Crippen LogP) is 3.01. The number of rotatable bonds is 8. The average molecular weight is 413 g/mol. The molecule has 0 aliphatic carbocycles. The van der Waals surface area contributed by atoms with Gasteiger partial charge in [0.1, 0.15) is 0 Å². The molecule has 0 saturated heterocycles. The number of aromatic nitrogens is 2. The van der Waals surface area contributed by atoms with Crippen LogP contribution in [0.4, 0.5) is 17.3 Å². The second kappa shape index (κ2) is 8.65. The molecule has 29 heavy (non-hydrogen) atoms. The Morgan fingerprint density at radius 1 is 0.862 bits per heavy atom. The van der Waals surface area contributed by atoms with Gasteiger partial charge in [-0.15, -0.1) is 0 Å². The van der Waals surface area contributed by atoms with Gasteiger partial charge >= 0.3 is 5.69 Å². The summed E-state index contributed by atoms with van der Waals surface area (Å²) in [6.07, 6.45) is 0.954. The lowest BCUT2D eigenvalue weighted by molar-refractivity contribution is -0.383. The van der Waals surface area contributed by atoms with E-state index in [1.807, 2.05) is 60.7 Å². The number of hydrogen-bond donors (Lipinski definition) is 2. The average Bonchev–Trinajstić information content (AvgIpc) is 2.71. The number of sulfone groups is 1. The molecule has 0 bridgehead atoms. The normalized spacial score (nSPS) is 11.1. The summed E-state index contributed by atoms with van der Waals surface area (Å²) < 4.78 is 24.0. The van der Waals surface area contributed by atoms with Gasteiger partial charge in [-0.2, -0.15) is 9.97 Å². The van der Waals surface area contributed by atoms with Crippen LogP contribution in [0.5, 0.6) is 0 Å². The molecule has 0 unspecified atom stereocenters. The minimum Gasteiger partial charge on any atom is -0.360 e. The first-order chi connectivity index (χ1) is 13.8. The van der Waals surface area contributed by atoms with Crippen LogP contribution in [0.15, 0.2) is 65.8 Å². The van der Waals surface area contributed by atoms with Crippen LogP contribution in [-0.2, 0) is 22.9 Å². The molecule has 1 heterocycles. The molecule has 0 amide bonds. The lowest BCUT2D eigenvalue weighted by Crippen LogP contribution is -2.14. The maximum absolute atomic E-state index is 12.0. The van der Waals surface area contributed by atoms with E-state index in [0.29, 0.717) is 0 Å². The number of nitro groups is 1. The van der Waals surface area contributed by atoms with Gasteiger partial charge in [-0.05, 0) is 11.1 Å². The monoisotopic (exact) mass is 413 g/mol. The molecule has 10 heteroatoms. The fourth-order valence-electron chi connectivity index (χ4n) is 2.58.